The van der Waals surface area contributed by atoms with Gasteiger partial charge in [0.1, 0.15) is 0 Å². The van der Waals surface area contributed by atoms with Crippen LogP contribution in [0.3, 0.4) is 0 Å². The van der Waals surface area contributed by atoms with Crippen LogP contribution in [0.2, 0.25) is 0 Å². The van der Waals surface area contributed by atoms with Crippen molar-refractivity contribution < 1.29 is 4.79 Å². The van der Waals surface area contributed by atoms with Gasteiger partial charge >= 0.3 is 0 Å². The maximum Gasteiger partial charge on any atom is 0.285 e. The SMILES string of the molecule is Cc1nc(C)c(-c2cc(C(=O)NN)n[nH]2)s1. The van der Waals surface area contributed by atoms with Crippen molar-refractivity contribution in [2.45, 2.75) is 13.8 Å². The summed E-state index contributed by atoms with van der Waals surface area (Å²) in [5.74, 6) is 4.61. The molecule has 1 amide bonds. The van der Waals surface area contributed by atoms with Crippen LogP contribution in [0.1, 0.15) is 21.2 Å². The number of nitrogens with two attached hydrogens (primary N) is 1. The highest BCUT2D eigenvalue weighted by atomic mass is 32.1. The van der Waals surface area contributed by atoms with Crippen molar-refractivity contribution in [1.29, 1.82) is 0 Å². The third-order valence-corrected chi connectivity index (χ3v) is 3.20. The Balaban J connectivity index is 2.38. The third kappa shape index (κ3) is 1.82. The molecule has 2 rings (SSSR count). The monoisotopic (exact) mass is 237 g/mol. The molecule has 0 aliphatic heterocycles. The highest BCUT2D eigenvalue weighted by Crippen LogP contribution is 2.28. The molecule has 0 aliphatic rings. The summed E-state index contributed by atoms with van der Waals surface area (Å²) in [4.78, 5) is 16.5. The van der Waals surface area contributed by atoms with Gasteiger partial charge in [-0.15, -0.1) is 11.3 Å². The summed E-state index contributed by atoms with van der Waals surface area (Å²) in [5.41, 5.74) is 4.00. The first-order valence-electron chi connectivity index (χ1n) is 4.62. The van der Waals surface area contributed by atoms with Crippen LogP contribution in [0.25, 0.3) is 10.6 Å². The summed E-state index contributed by atoms with van der Waals surface area (Å²) in [6.45, 7) is 3.85. The number of hydrogen-bond donors (Lipinski definition) is 3. The first-order valence-corrected chi connectivity index (χ1v) is 5.44. The second kappa shape index (κ2) is 4.03. The lowest BCUT2D eigenvalue weighted by Gasteiger charge is -1.91. The fraction of sp³-hybridized carbons (Fsp3) is 0.222. The van der Waals surface area contributed by atoms with E-state index in [0.717, 1.165) is 21.3 Å². The van der Waals surface area contributed by atoms with E-state index in [9.17, 15) is 4.79 Å². The Kier molecular flexibility index (Phi) is 2.71. The van der Waals surface area contributed by atoms with Crippen molar-refractivity contribution in [3.63, 3.8) is 0 Å². The van der Waals surface area contributed by atoms with Crippen molar-refractivity contribution >= 4 is 17.2 Å². The van der Waals surface area contributed by atoms with Crippen LogP contribution in [0, 0.1) is 13.8 Å². The third-order valence-electron chi connectivity index (χ3n) is 2.09. The number of amides is 1. The van der Waals surface area contributed by atoms with Gasteiger partial charge in [0.05, 0.1) is 21.3 Å². The Hall–Kier alpha value is -1.73. The van der Waals surface area contributed by atoms with Gasteiger partial charge in [0.15, 0.2) is 5.69 Å². The first kappa shape index (κ1) is 10.8. The Labute approximate surface area is 95.9 Å². The molecule has 84 valence electrons. The predicted molar refractivity (Wildman–Crippen MR) is 60.8 cm³/mol. The van der Waals surface area contributed by atoms with E-state index >= 15 is 0 Å². The minimum atomic E-state index is -0.415. The number of rotatable bonds is 2. The maximum absolute atomic E-state index is 11.2. The summed E-state index contributed by atoms with van der Waals surface area (Å²) >= 11 is 1.55. The van der Waals surface area contributed by atoms with Crippen LogP contribution < -0.4 is 11.3 Å². The van der Waals surface area contributed by atoms with Gasteiger partial charge in [0, 0.05) is 0 Å². The van der Waals surface area contributed by atoms with Crippen molar-refractivity contribution in [3.8, 4) is 10.6 Å². The topological polar surface area (TPSA) is 96.7 Å². The van der Waals surface area contributed by atoms with Crippen LogP contribution >= 0.6 is 11.3 Å². The fourth-order valence-corrected chi connectivity index (χ4v) is 2.30. The summed E-state index contributed by atoms with van der Waals surface area (Å²) < 4.78 is 0. The molecule has 0 spiro atoms. The lowest BCUT2D eigenvalue weighted by Crippen LogP contribution is -2.30. The normalized spacial score (nSPS) is 10.4. The molecular formula is C9H11N5OS. The summed E-state index contributed by atoms with van der Waals surface area (Å²) in [7, 11) is 0. The number of thiazole rings is 1. The molecule has 4 N–H and O–H groups in total. The molecule has 7 heteroatoms. The van der Waals surface area contributed by atoms with E-state index in [-0.39, 0.29) is 5.69 Å². The zero-order valence-corrected chi connectivity index (χ0v) is 9.68. The molecule has 0 aliphatic carbocycles. The second-order valence-electron chi connectivity index (χ2n) is 3.29. The smallest absolute Gasteiger partial charge is 0.285 e. The number of hydrogen-bond acceptors (Lipinski definition) is 5. The number of hydrazine groups is 1. The van der Waals surface area contributed by atoms with Gasteiger partial charge in [-0.3, -0.25) is 15.3 Å². The predicted octanol–water partition coefficient (Wildman–Crippen LogP) is 0.754. The Morgan fingerprint density at radius 3 is 2.88 bits per heavy atom. The van der Waals surface area contributed by atoms with Gasteiger partial charge in [-0.2, -0.15) is 5.10 Å². The molecule has 0 aromatic carbocycles. The van der Waals surface area contributed by atoms with E-state index in [0.29, 0.717) is 0 Å². The van der Waals surface area contributed by atoms with Gasteiger partial charge in [0.2, 0.25) is 0 Å². The summed E-state index contributed by atoms with van der Waals surface area (Å²) in [5, 5.41) is 7.65. The largest absolute Gasteiger partial charge is 0.289 e. The van der Waals surface area contributed by atoms with E-state index in [1.54, 1.807) is 17.4 Å². The van der Waals surface area contributed by atoms with Crippen LogP contribution in [-0.2, 0) is 0 Å². The number of carbonyl (C=O) groups excluding carboxylic acids is 1. The van der Waals surface area contributed by atoms with Crippen LogP contribution in [-0.4, -0.2) is 21.1 Å². The molecule has 0 unspecified atom stereocenters. The van der Waals surface area contributed by atoms with Crippen molar-refractivity contribution in [3.05, 3.63) is 22.5 Å². The van der Waals surface area contributed by atoms with Crippen LogP contribution in [0.5, 0.6) is 0 Å². The highest BCUT2D eigenvalue weighted by Gasteiger charge is 2.13. The molecule has 0 fully saturated rings. The molecule has 0 saturated heterocycles. The average molecular weight is 237 g/mol. The molecule has 0 radical (unpaired) electrons. The van der Waals surface area contributed by atoms with Gasteiger partial charge < -0.3 is 0 Å². The lowest BCUT2D eigenvalue weighted by atomic mass is 10.3. The van der Waals surface area contributed by atoms with Crippen molar-refractivity contribution in [2.75, 3.05) is 0 Å². The molecule has 2 heterocycles. The minimum absolute atomic E-state index is 0.267. The number of aryl methyl sites for hydroxylation is 2. The van der Waals surface area contributed by atoms with Gasteiger partial charge in [0.25, 0.3) is 5.91 Å². The van der Waals surface area contributed by atoms with Crippen LogP contribution in [0.4, 0.5) is 0 Å². The maximum atomic E-state index is 11.2. The molecule has 16 heavy (non-hydrogen) atoms. The van der Waals surface area contributed by atoms with E-state index in [1.165, 1.54) is 0 Å². The second-order valence-corrected chi connectivity index (χ2v) is 4.49. The van der Waals surface area contributed by atoms with E-state index in [4.69, 9.17) is 5.84 Å². The minimum Gasteiger partial charge on any atom is -0.289 e. The van der Waals surface area contributed by atoms with E-state index in [1.807, 2.05) is 19.3 Å². The molecule has 0 atom stereocenters. The highest BCUT2D eigenvalue weighted by molar-refractivity contribution is 7.15. The number of aromatic nitrogens is 3. The van der Waals surface area contributed by atoms with E-state index in [2.05, 4.69) is 15.2 Å². The number of nitrogens with zero attached hydrogens (tertiary/aromatic N) is 2. The Morgan fingerprint density at radius 2 is 2.31 bits per heavy atom. The van der Waals surface area contributed by atoms with Crippen LogP contribution in [0.15, 0.2) is 6.07 Å². The summed E-state index contributed by atoms with van der Waals surface area (Å²) in [6.07, 6.45) is 0. The lowest BCUT2D eigenvalue weighted by molar-refractivity contribution is 0.0948. The number of nitrogens with one attached hydrogen (secondary N) is 2. The zero-order valence-electron chi connectivity index (χ0n) is 8.87. The van der Waals surface area contributed by atoms with Gasteiger partial charge in [-0.1, -0.05) is 0 Å². The number of carbonyl (C=O) groups is 1. The standard InChI is InChI=1S/C9H11N5OS/c1-4-8(16-5(2)11-4)6-3-7(14-13-6)9(15)12-10/h3H,10H2,1-2H3,(H,12,15)(H,13,14). The van der Waals surface area contributed by atoms with Crippen molar-refractivity contribution in [2.24, 2.45) is 5.84 Å². The summed E-state index contributed by atoms with van der Waals surface area (Å²) in [6, 6.07) is 1.65. The molecule has 2 aromatic heterocycles. The molecule has 2 aromatic rings. The molecular weight excluding hydrogens is 226 g/mol. The molecule has 0 saturated carbocycles. The van der Waals surface area contributed by atoms with E-state index < -0.39 is 5.91 Å². The number of nitrogen functional groups attached to an aromatic ring is 1. The average Bonchev–Trinajstić information content (AvgIpc) is 2.83. The Morgan fingerprint density at radius 1 is 1.56 bits per heavy atom. The number of aromatic amines is 1. The Bertz CT molecular complexity index is 530. The van der Waals surface area contributed by atoms with Gasteiger partial charge in [-0.25, -0.2) is 10.8 Å². The zero-order chi connectivity index (χ0) is 11.7. The number of H-pyrrole nitrogens is 1. The first-order chi connectivity index (χ1) is 7.61. The van der Waals surface area contributed by atoms with Gasteiger partial charge in [-0.05, 0) is 19.9 Å². The quantitative estimate of drug-likeness (QED) is 0.408. The molecule has 0 bridgehead atoms. The van der Waals surface area contributed by atoms with Crippen molar-refractivity contribution in [1.82, 2.24) is 20.6 Å². The fourth-order valence-electron chi connectivity index (χ4n) is 1.41. The molecule has 6 nitrogen and oxygen atoms in total.